The van der Waals surface area contributed by atoms with Crippen molar-refractivity contribution < 1.29 is 14.1 Å². The van der Waals surface area contributed by atoms with Crippen LogP contribution in [0, 0.1) is 10.1 Å². The molecule has 9 nitrogen and oxygen atoms in total. The summed E-state index contributed by atoms with van der Waals surface area (Å²) in [6.07, 6.45) is 0. The Morgan fingerprint density at radius 3 is 2.56 bits per heavy atom. The van der Waals surface area contributed by atoms with Gasteiger partial charge in [-0.25, -0.2) is 0 Å². The van der Waals surface area contributed by atoms with Gasteiger partial charge in [0.1, 0.15) is 16.8 Å². The Balaban J connectivity index is 1.25. The molecule has 1 amide bonds. The topological polar surface area (TPSA) is 116 Å². The third kappa shape index (κ3) is 3.84. The highest BCUT2D eigenvalue weighted by Crippen LogP contribution is 2.27. The summed E-state index contributed by atoms with van der Waals surface area (Å²) in [7, 11) is 0. The van der Waals surface area contributed by atoms with Crippen molar-refractivity contribution >= 4 is 39.1 Å². The number of amides is 1. The monoisotopic (exact) mass is 475 g/mol. The van der Waals surface area contributed by atoms with E-state index in [0.717, 1.165) is 16.5 Å². The third-order valence-corrected chi connectivity index (χ3v) is 5.79. The Kier molecular flexibility index (Phi) is 5.00. The van der Waals surface area contributed by atoms with Crippen LogP contribution in [0.2, 0.25) is 0 Å². The second-order valence-corrected chi connectivity index (χ2v) is 8.12. The molecule has 0 aliphatic rings. The van der Waals surface area contributed by atoms with Gasteiger partial charge in [-0.1, -0.05) is 48.5 Å². The number of nitro benzene ring substituents is 1. The number of anilines is 1. The quantitative estimate of drug-likeness (QED) is 0.242. The van der Waals surface area contributed by atoms with E-state index in [2.05, 4.69) is 15.5 Å². The lowest BCUT2D eigenvalue weighted by molar-refractivity contribution is -0.384. The van der Waals surface area contributed by atoms with Gasteiger partial charge in [0.2, 0.25) is 0 Å². The van der Waals surface area contributed by atoms with Crippen LogP contribution in [0.4, 0.5) is 11.4 Å². The lowest BCUT2D eigenvalue weighted by Gasteiger charge is -2.04. The number of nitro groups is 1. The molecule has 2 aromatic heterocycles. The number of carbonyl (C=O) groups excluding carboxylic acids is 1. The molecular formula is C27H17N5O4. The fraction of sp³-hybridized carbons (Fsp3) is 0. The molecule has 4 aromatic carbocycles. The average molecular weight is 475 g/mol. The number of nitrogens with zero attached hydrogens (tertiary/aromatic N) is 4. The fourth-order valence-corrected chi connectivity index (χ4v) is 4.06. The summed E-state index contributed by atoms with van der Waals surface area (Å²) in [6.45, 7) is 0. The van der Waals surface area contributed by atoms with Crippen LogP contribution in [0.15, 0.2) is 101 Å². The average Bonchev–Trinajstić information content (AvgIpc) is 3.56. The van der Waals surface area contributed by atoms with Crippen LogP contribution in [-0.4, -0.2) is 25.8 Å². The van der Waals surface area contributed by atoms with Gasteiger partial charge in [-0.2, -0.15) is 0 Å². The lowest BCUT2D eigenvalue weighted by Crippen LogP contribution is -2.10. The summed E-state index contributed by atoms with van der Waals surface area (Å²) >= 11 is 0. The molecule has 9 heteroatoms. The van der Waals surface area contributed by atoms with Crippen molar-refractivity contribution in [1.29, 1.82) is 0 Å². The molecule has 36 heavy (non-hydrogen) atoms. The number of rotatable bonds is 5. The highest BCUT2D eigenvalue weighted by molar-refractivity contribution is 6.03. The smallest absolute Gasteiger partial charge is 0.291 e. The predicted octanol–water partition coefficient (Wildman–Crippen LogP) is 5.99. The Morgan fingerprint density at radius 1 is 0.861 bits per heavy atom. The number of furan rings is 1. The molecule has 2 heterocycles. The minimum atomic E-state index is -0.480. The third-order valence-electron chi connectivity index (χ3n) is 5.79. The highest BCUT2D eigenvalue weighted by Gasteiger charge is 2.16. The van der Waals surface area contributed by atoms with Gasteiger partial charge < -0.3 is 9.73 Å². The molecule has 6 rings (SSSR count). The Labute approximate surface area is 203 Å². The summed E-state index contributed by atoms with van der Waals surface area (Å²) in [4.78, 5) is 24.9. The standard InChI is InChI=1S/C27H17N5O4/c33-27(26-14-13-25(36-26)18-7-3-8-20(15-18)32(34)35)28-19-11-12-22-23(16-19)30-31(29-22)24-10-4-6-17-5-1-2-9-21(17)24/h1-16H,(H,28,33). The molecule has 0 saturated heterocycles. The van der Waals surface area contributed by atoms with Crippen LogP contribution in [0.25, 0.3) is 38.8 Å². The number of fused-ring (bicyclic) bond motifs is 2. The summed E-state index contributed by atoms with van der Waals surface area (Å²) in [5.41, 5.74) is 3.16. The number of hydrogen-bond acceptors (Lipinski definition) is 6. The molecule has 0 saturated carbocycles. The zero-order valence-corrected chi connectivity index (χ0v) is 18.7. The lowest BCUT2D eigenvalue weighted by atomic mass is 10.1. The van der Waals surface area contributed by atoms with Crippen LogP contribution in [0.3, 0.4) is 0 Å². The van der Waals surface area contributed by atoms with Crippen molar-refractivity contribution in [3.05, 3.63) is 113 Å². The minimum absolute atomic E-state index is 0.0558. The maximum atomic E-state index is 12.8. The van der Waals surface area contributed by atoms with Crippen molar-refractivity contribution in [2.24, 2.45) is 0 Å². The van der Waals surface area contributed by atoms with Crippen molar-refractivity contribution in [2.75, 3.05) is 5.32 Å². The largest absolute Gasteiger partial charge is 0.451 e. The van der Waals surface area contributed by atoms with E-state index in [1.54, 1.807) is 41.2 Å². The molecular weight excluding hydrogens is 458 g/mol. The number of non-ortho nitro benzene ring substituents is 1. The first-order valence-electron chi connectivity index (χ1n) is 11.1. The number of carbonyl (C=O) groups is 1. The second kappa shape index (κ2) is 8.48. The molecule has 0 unspecified atom stereocenters. The maximum absolute atomic E-state index is 12.8. The molecule has 6 aromatic rings. The van der Waals surface area contributed by atoms with Crippen LogP contribution in [0.1, 0.15) is 10.6 Å². The Bertz CT molecular complexity index is 1780. The van der Waals surface area contributed by atoms with Gasteiger partial charge in [0.25, 0.3) is 11.6 Å². The van der Waals surface area contributed by atoms with E-state index in [-0.39, 0.29) is 11.4 Å². The van der Waals surface area contributed by atoms with Crippen LogP contribution >= 0.6 is 0 Å². The highest BCUT2D eigenvalue weighted by atomic mass is 16.6. The van der Waals surface area contributed by atoms with Crippen LogP contribution < -0.4 is 5.32 Å². The Morgan fingerprint density at radius 2 is 1.67 bits per heavy atom. The van der Waals surface area contributed by atoms with E-state index < -0.39 is 10.8 Å². The summed E-state index contributed by atoms with van der Waals surface area (Å²) in [6, 6.07) is 28.4. The van der Waals surface area contributed by atoms with Gasteiger partial charge in [-0.3, -0.25) is 14.9 Å². The van der Waals surface area contributed by atoms with Gasteiger partial charge in [0.15, 0.2) is 5.76 Å². The molecule has 0 aliphatic carbocycles. The molecule has 0 spiro atoms. The second-order valence-electron chi connectivity index (χ2n) is 8.12. The fourth-order valence-electron chi connectivity index (χ4n) is 4.06. The molecule has 0 radical (unpaired) electrons. The van der Waals surface area contributed by atoms with Gasteiger partial charge in [-0.05, 0) is 41.8 Å². The van der Waals surface area contributed by atoms with E-state index in [0.29, 0.717) is 28.0 Å². The first-order valence-corrected chi connectivity index (χ1v) is 11.1. The molecule has 0 fully saturated rings. The van der Waals surface area contributed by atoms with Gasteiger partial charge in [0.05, 0.1) is 10.6 Å². The first kappa shape index (κ1) is 21.2. The number of aromatic nitrogens is 3. The molecule has 1 N–H and O–H groups in total. The summed E-state index contributed by atoms with van der Waals surface area (Å²) < 4.78 is 5.66. The SMILES string of the molecule is O=C(Nc1ccc2nn(-c3cccc4ccccc34)nc2c1)c1ccc(-c2cccc([N+](=O)[O-])c2)o1. The van der Waals surface area contributed by atoms with Crippen molar-refractivity contribution in [3.63, 3.8) is 0 Å². The minimum Gasteiger partial charge on any atom is -0.451 e. The normalized spacial score (nSPS) is 11.1. The van der Waals surface area contributed by atoms with E-state index >= 15 is 0 Å². The van der Waals surface area contributed by atoms with E-state index in [1.807, 2.05) is 42.5 Å². The molecule has 0 aliphatic heterocycles. The van der Waals surface area contributed by atoms with Crippen LogP contribution in [-0.2, 0) is 0 Å². The first-order chi connectivity index (χ1) is 17.5. The zero-order valence-electron chi connectivity index (χ0n) is 18.7. The maximum Gasteiger partial charge on any atom is 0.291 e. The van der Waals surface area contributed by atoms with Crippen molar-refractivity contribution in [2.45, 2.75) is 0 Å². The Hall–Kier alpha value is -5.31. The van der Waals surface area contributed by atoms with Crippen molar-refractivity contribution in [3.8, 4) is 17.0 Å². The van der Waals surface area contributed by atoms with Gasteiger partial charge >= 0.3 is 0 Å². The van der Waals surface area contributed by atoms with E-state index in [4.69, 9.17) is 4.42 Å². The van der Waals surface area contributed by atoms with E-state index in [9.17, 15) is 14.9 Å². The molecule has 0 bridgehead atoms. The molecule has 0 atom stereocenters. The van der Waals surface area contributed by atoms with E-state index in [1.165, 1.54) is 18.2 Å². The molecule has 174 valence electrons. The van der Waals surface area contributed by atoms with Gasteiger partial charge in [-0.15, -0.1) is 15.0 Å². The zero-order chi connectivity index (χ0) is 24.6. The summed E-state index contributed by atoms with van der Waals surface area (Å²) in [5.74, 6) is -0.0131. The van der Waals surface area contributed by atoms with Crippen molar-refractivity contribution in [1.82, 2.24) is 15.0 Å². The van der Waals surface area contributed by atoms with Gasteiger partial charge in [0, 0.05) is 28.8 Å². The summed E-state index contributed by atoms with van der Waals surface area (Å²) in [5, 5.41) is 25.2. The number of hydrogen-bond donors (Lipinski definition) is 1. The number of benzene rings is 4. The predicted molar refractivity (Wildman–Crippen MR) is 135 cm³/mol. The van der Waals surface area contributed by atoms with Crippen LogP contribution in [0.5, 0.6) is 0 Å². The number of nitrogens with one attached hydrogen (secondary N) is 1.